The van der Waals surface area contributed by atoms with Gasteiger partial charge in [0.1, 0.15) is 73.1 Å². The first-order valence-corrected chi connectivity index (χ1v) is 23.9. The quantitative estimate of drug-likeness (QED) is 0.124. The van der Waals surface area contributed by atoms with Gasteiger partial charge in [-0.25, -0.2) is 0 Å². The van der Waals surface area contributed by atoms with E-state index in [1.54, 1.807) is 0 Å². The van der Waals surface area contributed by atoms with Crippen LogP contribution in [0.3, 0.4) is 0 Å². The highest BCUT2D eigenvalue weighted by Crippen LogP contribution is 2.80. The summed E-state index contributed by atoms with van der Waals surface area (Å²) in [7, 11) is 0. The zero-order chi connectivity index (χ0) is 46.3. The van der Waals surface area contributed by atoms with Crippen molar-refractivity contribution < 1.29 is 83.6 Å². The second-order valence-electron chi connectivity index (χ2n) is 23.2. The SMILES string of the molecule is C[C@@H]1O[C@H](O[C@@H]2[C@@H](O[C@H]3CO[C@H](O[C@H]4CC[C@]5(C)[C@H]6CC[C@@]78OC[C@]9(CC[C@](C)(C=O)C[C@@H]97)C(=O)C[C@]8(C)[C@@]6(C)CC[C@H]5C4(C)C)[C@@H](O)[C@@H]3O)O[C@@H](CO)[C@H](O)[C@H]2O)[C@@H](O)[C@H](O)[C@H]1O. The van der Waals surface area contributed by atoms with E-state index in [4.69, 9.17) is 33.2 Å². The standard InChI is InChI=1S/C47H74O17/c1-22-30(51)33(54)36(57)39(60-22)64-37-34(55)31(52)23(18-48)61-40(37)62-24-19-58-38(35(56)32(24)53)63-29-10-11-43(5)25(41(29,2)3)8-12-44(6)26(43)9-13-47-27-16-42(4,20-49)14-15-46(27,21-59-47)28(50)17-45(44,47)7/h20,22-27,29-40,48,51-57H,8-19,21H2,1-7H3/t22-,23-,24-,25-,26+,27-,29-,30-,31-,32+,33+,34+,35-,36-,37-,38+,39+,40+,42-,43-,44-,45+,46-,47+/m0/s1. The van der Waals surface area contributed by atoms with Crippen molar-refractivity contribution in [2.24, 2.45) is 50.2 Å². The van der Waals surface area contributed by atoms with Crippen LogP contribution in [0.15, 0.2) is 0 Å². The van der Waals surface area contributed by atoms with Gasteiger partial charge in [0.15, 0.2) is 18.9 Å². The van der Waals surface area contributed by atoms with E-state index >= 15 is 0 Å². The van der Waals surface area contributed by atoms with Crippen LogP contribution in [0.1, 0.15) is 113 Å². The fourth-order valence-electron chi connectivity index (χ4n) is 15.9. The molecule has 0 unspecified atom stereocenters. The van der Waals surface area contributed by atoms with Crippen molar-refractivity contribution in [2.45, 2.75) is 210 Å². The van der Waals surface area contributed by atoms with Crippen LogP contribution < -0.4 is 0 Å². The summed E-state index contributed by atoms with van der Waals surface area (Å²) in [6, 6.07) is 0. The summed E-state index contributed by atoms with van der Waals surface area (Å²) in [5.74, 6) is 0.893. The molecule has 4 heterocycles. The molecule has 64 heavy (non-hydrogen) atoms. The Morgan fingerprint density at radius 1 is 0.703 bits per heavy atom. The molecule has 8 N–H and O–H groups in total. The number of ketones is 1. The summed E-state index contributed by atoms with van der Waals surface area (Å²) in [5, 5.41) is 85.8. The van der Waals surface area contributed by atoms with Crippen molar-refractivity contribution in [3.63, 3.8) is 0 Å². The molecular formula is C47H74O17. The third-order valence-corrected chi connectivity index (χ3v) is 19.9. The minimum atomic E-state index is -1.76. The van der Waals surface area contributed by atoms with Crippen LogP contribution in [-0.4, -0.2) is 170 Å². The highest BCUT2D eigenvalue weighted by atomic mass is 16.8. The molecule has 9 rings (SSSR count). The molecule has 0 aromatic carbocycles. The molecule has 0 aromatic heterocycles. The number of hydrogen-bond acceptors (Lipinski definition) is 17. The average Bonchev–Trinajstić information content (AvgIpc) is 3.53. The molecular weight excluding hydrogens is 837 g/mol. The first-order valence-electron chi connectivity index (χ1n) is 23.9. The van der Waals surface area contributed by atoms with Crippen LogP contribution >= 0.6 is 0 Å². The molecule has 24 atom stereocenters. The topological polar surface area (TPSA) is 261 Å². The Bertz CT molecular complexity index is 1780. The third-order valence-electron chi connectivity index (χ3n) is 19.9. The number of carbonyl (C=O) groups is 2. The lowest BCUT2D eigenvalue weighted by molar-refractivity contribution is -0.382. The average molecular weight is 911 g/mol. The third kappa shape index (κ3) is 6.64. The zero-order valence-electron chi connectivity index (χ0n) is 38.4. The van der Waals surface area contributed by atoms with Crippen LogP contribution in [0.4, 0.5) is 0 Å². The van der Waals surface area contributed by atoms with E-state index in [0.29, 0.717) is 44.0 Å². The molecule has 5 aliphatic carbocycles. The predicted octanol–water partition coefficient (Wildman–Crippen LogP) is 0.879. The van der Waals surface area contributed by atoms with E-state index in [2.05, 4.69) is 41.5 Å². The van der Waals surface area contributed by atoms with E-state index in [0.717, 1.165) is 44.8 Å². The zero-order valence-corrected chi connectivity index (χ0v) is 38.4. The van der Waals surface area contributed by atoms with Gasteiger partial charge >= 0.3 is 0 Å². The van der Waals surface area contributed by atoms with Gasteiger partial charge in [-0.1, -0.05) is 41.5 Å². The molecule has 4 aliphatic heterocycles. The summed E-state index contributed by atoms with van der Waals surface area (Å²) in [5.41, 5.74) is -2.46. The van der Waals surface area contributed by atoms with Crippen molar-refractivity contribution >= 4 is 12.1 Å². The second-order valence-corrected chi connectivity index (χ2v) is 23.2. The van der Waals surface area contributed by atoms with Gasteiger partial charge < -0.3 is 78.8 Å². The van der Waals surface area contributed by atoms with Gasteiger partial charge in [-0.2, -0.15) is 0 Å². The maximum Gasteiger partial charge on any atom is 0.187 e. The number of hydrogen-bond donors (Lipinski definition) is 8. The Labute approximate surface area is 375 Å². The molecule has 9 aliphatic rings. The number of aldehydes is 1. The Morgan fingerprint density at radius 2 is 1.41 bits per heavy atom. The van der Waals surface area contributed by atoms with E-state index < -0.39 is 114 Å². The van der Waals surface area contributed by atoms with Gasteiger partial charge in [0, 0.05) is 23.2 Å². The lowest BCUT2D eigenvalue weighted by Crippen LogP contribution is -2.73. The monoisotopic (exact) mass is 910 g/mol. The summed E-state index contributed by atoms with van der Waals surface area (Å²) in [6.45, 7) is 14.6. The molecule has 17 nitrogen and oxygen atoms in total. The normalized spacial score (nSPS) is 58.1. The first kappa shape index (κ1) is 47.8. The van der Waals surface area contributed by atoms with Gasteiger partial charge in [-0.15, -0.1) is 0 Å². The Morgan fingerprint density at radius 3 is 2.11 bits per heavy atom. The fraction of sp³-hybridized carbons (Fsp3) is 0.957. The summed E-state index contributed by atoms with van der Waals surface area (Å²) >= 11 is 0. The molecule has 364 valence electrons. The number of aliphatic hydroxyl groups excluding tert-OH is 8. The summed E-state index contributed by atoms with van der Waals surface area (Å²) in [6.07, 6.45) is -12.4. The molecule has 0 aromatic rings. The van der Waals surface area contributed by atoms with E-state index in [1.165, 1.54) is 6.92 Å². The largest absolute Gasteiger partial charge is 0.394 e. The van der Waals surface area contributed by atoms with E-state index in [-0.39, 0.29) is 40.8 Å². The number of fused-ring (bicyclic) bond motifs is 4. The van der Waals surface area contributed by atoms with Crippen molar-refractivity contribution in [1.29, 1.82) is 0 Å². The fourth-order valence-corrected chi connectivity index (χ4v) is 15.9. The number of rotatable bonds is 8. The van der Waals surface area contributed by atoms with Crippen molar-refractivity contribution in [3.8, 4) is 0 Å². The van der Waals surface area contributed by atoms with Crippen LogP contribution in [0.25, 0.3) is 0 Å². The molecule has 0 radical (unpaired) electrons. The maximum absolute atomic E-state index is 14.5. The molecule has 5 saturated carbocycles. The lowest BCUT2D eigenvalue weighted by Gasteiger charge is -2.74. The van der Waals surface area contributed by atoms with Crippen LogP contribution in [0.2, 0.25) is 0 Å². The van der Waals surface area contributed by atoms with E-state index in [1.807, 2.05) is 0 Å². The molecule has 2 bridgehead atoms. The number of Topliss-reactive ketones (excluding diaryl/α,β-unsaturated/α-hetero) is 1. The summed E-state index contributed by atoms with van der Waals surface area (Å²) in [4.78, 5) is 27.0. The van der Waals surface area contributed by atoms with Crippen molar-refractivity contribution in [3.05, 3.63) is 0 Å². The van der Waals surface area contributed by atoms with Gasteiger partial charge in [-0.05, 0) is 92.8 Å². The Hall–Kier alpha value is -1.26. The van der Waals surface area contributed by atoms with Gasteiger partial charge in [0.25, 0.3) is 0 Å². The lowest BCUT2D eigenvalue weighted by atomic mass is 9.30. The molecule has 4 saturated heterocycles. The first-order chi connectivity index (χ1) is 30.0. The second kappa shape index (κ2) is 16.2. The van der Waals surface area contributed by atoms with Gasteiger partial charge in [-0.3, -0.25) is 4.79 Å². The minimum Gasteiger partial charge on any atom is -0.394 e. The van der Waals surface area contributed by atoms with Crippen LogP contribution in [0.5, 0.6) is 0 Å². The van der Waals surface area contributed by atoms with Gasteiger partial charge in [0.2, 0.25) is 0 Å². The minimum absolute atomic E-state index is 0.0307. The summed E-state index contributed by atoms with van der Waals surface area (Å²) < 4.78 is 43.0. The molecule has 1 spiro atoms. The number of carbonyl (C=O) groups excluding carboxylic acids is 2. The van der Waals surface area contributed by atoms with Crippen molar-refractivity contribution in [1.82, 2.24) is 0 Å². The number of aliphatic hydroxyl groups is 8. The number of ether oxygens (including phenoxy) is 7. The highest BCUT2D eigenvalue weighted by Gasteiger charge is 2.80. The molecule has 0 amide bonds. The van der Waals surface area contributed by atoms with Crippen LogP contribution in [-0.2, 0) is 42.7 Å². The van der Waals surface area contributed by atoms with Crippen molar-refractivity contribution in [2.75, 3.05) is 19.8 Å². The molecule has 17 heteroatoms. The highest BCUT2D eigenvalue weighted by molar-refractivity contribution is 5.89. The molecule has 9 fully saturated rings. The van der Waals surface area contributed by atoms with Gasteiger partial charge in [0.05, 0.1) is 43.0 Å². The predicted molar refractivity (Wildman–Crippen MR) is 222 cm³/mol. The Kier molecular flexibility index (Phi) is 12.1. The Balaban J connectivity index is 0.883. The smallest absolute Gasteiger partial charge is 0.187 e. The maximum atomic E-state index is 14.5. The van der Waals surface area contributed by atoms with E-state index in [9.17, 15) is 50.4 Å². The van der Waals surface area contributed by atoms with Crippen LogP contribution in [0, 0.1) is 50.2 Å².